The smallest absolute Gasteiger partial charge is 0.419 e. The van der Waals surface area contributed by atoms with E-state index in [2.05, 4.69) is 10.3 Å². The fourth-order valence-electron chi connectivity index (χ4n) is 2.44. The Morgan fingerprint density at radius 2 is 2.12 bits per heavy atom. The van der Waals surface area contributed by atoms with Gasteiger partial charge in [-0.05, 0) is 30.3 Å². The van der Waals surface area contributed by atoms with Crippen molar-refractivity contribution in [3.05, 3.63) is 53.5 Å². The summed E-state index contributed by atoms with van der Waals surface area (Å²) >= 11 is 0. The van der Waals surface area contributed by atoms with E-state index in [0.717, 1.165) is 6.07 Å². The molecule has 0 aliphatic carbocycles. The van der Waals surface area contributed by atoms with Gasteiger partial charge in [0.2, 0.25) is 5.88 Å². The van der Waals surface area contributed by atoms with Crippen LogP contribution >= 0.6 is 0 Å². The minimum absolute atomic E-state index is 0.0530. The van der Waals surface area contributed by atoms with Crippen LogP contribution in [-0.2, 0) is 10.9 Å². The van der Waals surface area contributed by atoms with Crippen LogP contribution < -0.4 is 10.1 Å². The molecule has 9 heteroatoms. The number of rotatable bonds is 4. The van der Waals surface area contributed by atoms with Crippen molar-refractivity contribution >= 4 is 11.6 Å². The number of ether oxygens (including phenoxy) is 2. The number of aromatic nitrogens is 1. The molecular formula is C17H14F4N2O3. The number of pyridine rings is 1. The molecule has 5 nitrogen and oxygen atoms in total. The van der Waals surface area contributed by atoms with Crippen LogP contribution in [0.4, 0.5) is 23.2 Å². The van der Waals surface area contributed by atoms with Gasteiger partial charge in [0.05, 0.1) is 18.8 Å². The molecule has 2 aromatic rings. The number of alkyl halides is 3. The molecule has 1 aliphatic heterocycles. The van der Waals surface area contributed by atoms with Crippen molar-refractivity contribution in [1.29, 1.82) is 0 Å². The highest BCUT2D eigenvalue weighted by atomic mass is 19.4. The van der Waals surface area contributed by atoms with Gasteiger partial charge in [0.15, 0.2) is 0 Å². The molecule has 0 bridgehead atoms. The summed E-state index contributed by atoms with van der Waals surface area (Å²) in [4.78, 5) is 16.4. The zero-order valence-electron chi connectivity index (χ0n) is 13.3. The molecule has 1 aromatic carbocycles. The van der Waals surface area contributed by atoms with Gasteiger partial charge in [0.1, 0.15) is 17.5 Å². The van der Waals surface area contributed by atoms with Gasteiger partial charge in [-0.25, -0.2) is 9.37 Å². The van der Waals surface area contributed by atoms with Gasteiger partial charge in [0.25, 0.3) is 5.91 Å². The van der Waals surface area contributed by atoms with Gasteiger partial charge in [-0.2, -0.15) is 13.2 Å². The number of nitrogens with one attached hydrogen (secondary N) is 1. The Bertz CT molecular complexity index is 805. The normalized spacial score (nSPS) is 17.2. The van der Waals surface area contributed by atoms with Crippen molar-refractivity contribution < 1.29 is 31.8 Å². The zero-order valence-corrected chi connectivity index (χ0v) is 13.3. The van der Waals surface area contributed by atoms with Crippen LogP contribution in [0.25, 0.3) is 0 Å². The molecule has 3 rings (SSSR count). The molecule has 1 fully saturated rings. The fourth-order valence-corrected chi connectivity index (χ4v) is 2.44. The summed E-state index contributed by atoms with van der Waals surface area (Å²) in [6, 6.07) is 5.16. The highest BCUT2D eigenvalue weighted by Crippen LogP contribution is 2.33. The van der Waals surface area contributed by atoms with E-state index >= 15 is 0 Å². The van der Waals surface area contributed by atoms with E-state index in [9.17, 15) is 22.4 Å². The van der Waals surface area contributed by atoms with E-state index in [0.29, 0.717) is 31.8 Å². The summed E-state index contributed by atoms with van der Waals surface area (Å²) in [5.74, 6) is -2.08. The summed E-state index contributed by atoms with van der Waals surface area (Å²) < 4.78 is 62.5. The molecule has 2 heterocycles. The van der Waals surface area contributed by atoms with E-state index in [1.807, 2.05) is 0 Å². The molecule has 1 N–H and O–H groups in total. The van der Waals surface area contributed by atoms with E-state index < -0.39 is 23.5 Å². The Balaban J connectivity index is 1.80. The third kappa shape index (κ3) is 4.10. The molecular weight excluding hydrogens is 356 g/mol. The first kappa shape index (κ1) is 18.1. The molecule has 1 saturated heterocycles. The first-order chi connectivity index (χ1) is 12.3. The lowest BCUT2D eigenvalue weighted by Crippen LogP contribution is -2.20. The van der Waals surface area contributed by atoms with Gasteiger partial charge < -0.3 is 14.8 Å². The second-order valence-corrected chi connectivity index (χ2v) is 5.61. The molecule has 0 radical (unpaired) electrons. The topological polar surface area (TPSA) is 60.5 Å². The van der Waals surface area contributed by atoms with E-state index in [4.69, 9.17) is 9.47 Å². The maximum Gasteiger partial charge on any atom is 0.419 e. The van der Waals surface area contributed by atoms with Crippen molar-refractivity contribution in [3.8, 4) is 5.88 Å². The summed E-state index contributed by atoms with van der Waals surface area (Å²) in [6.45, 7) is 0.902. The molecule has 1 amide bonds. The van der Waals surface area contributed by atoms with Crippen LogP contribution in [-0.4, -0.2) is 30.2 Å². The third-order valence-electron chi connectivity index (χ3n) is 3.71. The fraction of sp³-hybridized carbons (Fsp3) is 0.294. The average molecular weight is 370 g/mol. The molecule has 1 aromatic heterocycles. The molecule has 26 heavy (non-hydrogen) atoms. The van der Waals surface area contributed by atoms with Crippen LogP contribution in [0.3, 0.4) is 0 Å². The lowest BCUT2D eigenvalue weighted by atomic mass is 10.1. The Morgan fingerprint density at radius 3 is 2.81 bits per heavy atom. The molecule has 1 aliphatic rings. The quantitative estimate of drug-likeness (QED) is 0.835. The van der Waals surface area contributed by atoms with Crippen molar-refractivity contribution in [1.82, 2.24) is 4.98 Å². The second-order valence-electron chi connectivity index (χ2n) is 5.61. The minimum Gasteiger partial charge on any atom is -0.471 e. The predicted molar refractivity (Wildman–Crippen MR) is 83.4 cm³/mol. The van der Waals surface area contributed by atoms with Crippen LogP contribution in [0, 0.1) is 5.82 Å². The molecule has 0 saturated carbocycles. The number of benzene rings is 1. The largest absolute Gasteiger partial charge is 0.471 e. The minimum atomic E-state index is -4.87. The molecule has 0 spiro atoms. The zero-order chi connectivity index (χ0) is 18.7. The van der Waals surface area contributed by atoms with Crippen LogP contribution in [0.2, 0.25) is 0 Å². The van der Waals surface area contributed by atoms with Gasteiger partial charge in [-0.15, -0.1) is 0 Å². The maximum atomic E-state index is 13.3. The Morgan fingerprint density at radius 1 is 1.31 bits per heavy atom. The number of nitrogens with zero attached hydrogens (tertiary/aromatic N) is 1. The number of halogens is 4. The standard InChI is InChI=1S/C17H14F4N2O3/c18-14-4-3-10(8-13(14)17(19,20)21)23-15(24)12-2-1-6-22-16(12)26-11-5-7-25-9-11/h1-4,6,8,11H,5,7,9H2,(H,23,24)/t11-/m1/s1. The maximum absolute atomic E-state index is 13.3. The van der Waals surface area contributed by atoms with Gasteiger partial charge in [0, 0.05) is 18.3 Å². The van der Waals surface area contributed by atoms with E-state index in [-0.39, 0.29) is 23.2 Å². The SMILES string of the molecule is O=C(Nc1ccc(F)c(C(F)(F)F)c1)c1cccnc1O[C@@H]1CCOC1. The second kappa shape index (κ2) is 7.28. The first-order valence-corrected chi connectivity index (χ1v) is 7.72. The number of hydrogen-bond donors (Lipinski definition) is 1. The Labute approximate surface area is 145 Å². The summed E-state index contributed by atoms with van der Waals surface area (Å²) in [5, 5.41) is 2.31. The van der Waals surface area contributed by atoms with E-state index in [1.54, 1.807) is 0 Å². The van der Waals surface area contributed by atoms with Gasteiger partial charge in [-0.3, -0.25) is 4.79 Å². The Hall–Kier alpha value is -2.68. The monoisotopic (exact) mass is 370 g/mol. The first-order valence-electron chi connectivity index (χ1n) is 7.72. The molecule has 0 unspecified atom stereocenters. The predicted octanol–water partition coefficient (Wildman–Crippen LogP) is 3.66. The lowest BCUT2D eigenvalue weighted by Gasteiger charge is -2.15. The number of carbonyl (C=O) groups excluding carboxylic acids is 1. The van der Waals surface area contributed by atoms with Crippen molar-refractivity contribution in [3.63, 3.8) is 0 Å². The third-order valence-corrected chi connectivity index (χ3v) is 3.71. The highest BCUT2D eigenvalue weighted by Gasteiger charge is 2.34. The Kier molecular flexibility index (Phi) is 5.08. The lowest BCUT2D eigenvalue weighted by molar-refractivity contribution is -0.139. The number of hydrogen-bond acceptors (Lipinski definition) is 4. The van der Waals surface area contributed by atoms with Gasteiger partial charge >= 0.3 is 6.18 Å². The van der Waals surface area contributed by atoms with Crippen LogP contribution in [0.5, 0.6) is 5.88 Å². The number of carbonyl (C=O) groups is 1. The number of anilines is 1. The van der Waals surface area contributed by atoms with Crippen molar-refractivity contribution in [2.75, 3.05) is 18.5 Å². The molecule has 1 atom stereocenters. The van der Waals surface area contributed by atoms with Gasteiger partial charge in [-0.1, -0.05) is 0 Å². The number of amides is 1. The van der Waals surface area contributed by atoms with Crippen molar-refractivity contribution in [2.45, 2.75) is 18.7 Å². The average Bonchev–Trinajstić information content (AvgIpc) is 3.09. The van der Waals surface area contributed by atoms with E-state index in [1.165, 1.54) is 18.3 Å². The van der Waals surface area contributed by atoms with Crippen LogP contribution in [0.15, 0.2) is 36.5 Å². The van der Waals surface area contributed by atoms with Crippen LogP contribution in [0.1, 0.15) is 22.3 Å². The summed E-state index contributed by atoms with van der Waals surface area (Å²) in [5.41, 5.74) is -1.60. The summed E-state index contributed by atoms with van der Waals surface area (Å²) in [6.07, 6.45) is -3.04. The highest BCUT2D eigenvalue weighted by molar-refractivity contribution is 6.05. The molecule has 138 valence electrons. The summed E-state index contributed by atoms with van der Waals surface area (Å²) in [7, 11) is 0. The van der Waals surface area contributed by atoms with Crippen molar-refractivity contribution in [2.24, 2.45) is 0 Å².